The first kappa shape index (κ1) is 14.9. The summed E-state index contributed by atoms with van der Waals surface area (Å²) in [4.78, 5) is 0. The molecule has 92 valence electrons. The van der Waals surface area contributed by atoms with Crippen molar-refractivity contribution in [2.75, 3.05) is 19.8 Å². The zero-order chi connectivity index (χ0) is 11.7. The van der Waals surface area contributed by atoms with Crippen LogP contribution in [-0.4, -0.2) is 25.8 Å². The number of nitrogens with one attached hydrogen (secondary N) is 1. The third kappa shape index (κ3) is 7.80. The molecular weight excluding hydrogens is 186 g/mol. The third-order valence-electron chi connectivity index (χ3n) is 2.84. The molecule has 0 aliphatic heterocycles. The lowest BCUT2D eigenvalue weighted by molar-refractivity contribution is 0.103. The second kappa shape index (κ2) is 8.12. The van der Waals surface area contributed by atoms with Gasteiger partial charge >= 0.3 is 0 Å². The maximum Gasteiger partial charge on any atom is 0.0471 e. The minimum Gasteiger partial charge on any atom is -0.382 e. The van der Waals surface area contributed by atoms with Gasteiger partial charge < -0.3 is 10.1 Å². The number of hydrogen-bond acceptors (Lipinski definition) is 2. The minimum absolute atomic E-state index is 0.397. The Bertz CT molecular complexity index is 147. The second-order valence-corrected chi connectivity index (χ2v) is 5.04. The van der Waals surface area contributed by atoms with Crippen molar-refractivity contribution in [3.05, 3.63) is 0 Å². The highest BCUT2D eigenvalue weighted by molar-refractivity contribution is 4.77. The lowest BCUT2D eigenvalue weighted by Gasteiger charge is -2.30. The van der Waals surface area contributed by atoms with E-state index in [1.54, 1.807) is 0 Å². The highest BCUT2D eigenvalue weighted by Crippen LogP contribution is 2.26. The molecule has 2 heteroatoms. The van der Waals surface area contributed by atoms with E-state index in [2.05, 4.69) is 39.9 Å². The summed E-state index contributed by atoms with van der Waals surface area (Å²) in [5, 5.41) is 3.54. The van der Waals surface area contributed by atoms with E-state index < -0.39 is 0 Å². The summed E-state index contributed by atoms with van der Waals surface area (Å²) < 4.78 is 5.45. The van der Waals surface area contributed by atoms with Crippen LogP contribution in [0.25, 0.3) is 0 Å². The zero-order valence-electron chi connectivity index (χ0n) is 11.2. The maximum absolute atomic E-state index is 5.45. The van der Waals surface area contributed by atoms with Crippen molar-refractivity contribution >= 4 is 0 Å². The summed E-state index contributed by atoms with van der Waals surface area (Å²) in [6.07, 6.45) is 3.69. The highest BCUT2D eigenvalue weighted by atomic mass is 16.5. The highest BCUT2D eigenvalue weighted by Gasteiger charge is 2.22. The lowest BCUT2D eigenvalue weighted by atomic mass is 9.82. The first-order valence-electron chi connectivity index (χ1n) is 6.35. The Morgan fingerprint density at radius 2 is 1.87 bits per heavy atom. The largest absolute Gasteiger partial charge is 0.382 e. The van der Waals surface area contributed by atoms with Crippen LogP contribution in [0.4, 0.5) is 0 Å². The summed E-state index contributed by atoms with van der Waals surface area (Å²) in [5.41, 5.74) is 0.397. The quantitative estimate of drug-likeness (QED) is 0.596. The smallest absolute Gasteiger partial charge is 0.0471 e. The fourth-order valence-corrected chi connectivity index (χ4v) is 1.82. The van der Waals surface area contributed by atoms with Crippen molar-refractivity contribution in [1.29, 1.82) is 0 Å². The molecule has 0 heterocycles. The molecule has 2 nitrogen and oxygen atoms in total. The second-order valence-electron chi connectivity index (χ2n) is 5.04. The van der Waals surface area contributed by atoms with Crippen LogP contribution in [-0.2, 0) is 4.74 Å². The van der Waals surface area contributed by atoms with Crippen LogP contribution in [0, 0.1) is 5.41 Å². The molecule has 0 radical (unpaired) electrons. The monoisotopic (exact) mass is 215 g/mol. The normalized spacial score (nSPS) is 15.6. The van der Waals surface area contributed by atoms with Gasteiger partial charge in [-0.15, -0.1) is 0 Å². The van der Waals surface area contributed by atoms with E-state index in [9.17, 15) is 0 Å². The van der Waals surface area contributed by atoms with E-state index in [0.29, 0.717) is 11.5 Å². The van der Waals surface area contributed by atoms with Gasteiger partial charge in [-0.25, -0.2) is 0 Å². The predicted molar refractivity (Wildman–Crippen MR) is 67.3 cm³/mol. The molecule has 0 saturated carbocycles. The fourth-order valence-electron chi connectivity index (χ4n) is 1.82. The van der Waals surface area contributed by atoms with E-state index >= 15 is 0 Å². The Hall–Kier alpha value is -0.0800. The summed E-state index contributed by atoms with van der Waals surface area (Å²) in [6.45, 7) is 13.9. The topological polar surface area (TPSA) is 21.3 Å². The van der Waals surface area contributed by atoms with Crippen molar-refractivity contribution in [3.8, 4) is 0 Å². The van der Waals surface area contributed by atoms with Gasteiger partial charge in [0.15, 0.2) is 0 Å². The molecule has 0 aromatic heterocycles. The molecule has 0 aliphatic carbocycles. The molecule has 0 amide bonds. The van der Waals surface area contributed by atoms with E-state index in [0.717, 1.165) is 26.2 Å². The first-order valence-corrected chi connectivity index (χ1v) is 6.35. The fraction of sp³-hybridized carbons (Fsp3) is 1.00. The van der Waals surface area contributed by atoms with Crippen LogP contribution < -0.4 is 5.32 Å². The van der Waals surface area contributed by atoms with Crippen LogP contribution in [0.15, 0.2) is 0 Å². The Kier molecular flexibility index (Phi) is 8.07. The molecule has 0 saturated heterocycles. The molecule has 1 unspecified atom stereocenters. The molecule has 0 rings (SSSR count). The molecule has 0 spiro atoms. The molecular formula is C13H29NO. The van der Waals surface area contributed by atoms with Crippen LogP contribution in [0.2, 0.25) is 0 Å². The van der Waals surface area contributed by atoms with Crippen molar-refractivity contribution < 1.29 is 4.74 Å². The zero-order valence-corrected chi connectivity index (χ0v) is 11.2. The summed E-state index contributed by atoms with van der Waals surface area (Å²) in [5.74, 6) is 0. The van der Waals surface area contributed by atoms with E-state index in [1.165, 1.54) is 12.8 Å². The molecule has 0 aromatic rings. The molecule has 1 atom stereocenters. The molecule has 1 N–H and O–H groups in total. The van der Waals surface area contributed by atoms with E-state index in [1.807, 2.05) is 0 Å². The van der Waals surface area contributed by atoms with Gasteiger partial charge in [-0.05, 0) is 25.2 Å². The van der Waals surface area contributed by atoms with E-state index in [-0.39, 0.29) is 0 Å². The maximum atomic E-state index is 5.45. The molecule has 0 aliphatic rings. The van der Waals surface area contributed by atoms with Gasteiger partial charge in [0.2, 0.25) is 0 Å². The van der Waals surface area contributed by atoms with Gasteiger partial charge in [0.1, 0.15) is 0 Å². The van der Waals surface area contributed by atoms with Crippen molar-refractivity contribution in [3.63, 3.8) is 0 Å². The summed E-state index contributed by atoms with van der Waals surface area (Å²) >= 11 is 0. The van der Waals surface area contributed by atoms with Gasteiger partial charge in [-0.3, -0.25) is 0 Å². The Morgan fingerprint density at radius 1 is 1.20 bits per heavy atom. The van der Waals surface area contributed by atoms with Crippen LogP contribution in [0.3, 0.4) is 0 Å². The Morgan fingerprint density at radius 3 is 2.33 bits per heavy atom. The SMILES string of the molecule is CCCC(C)(CCOCC)CNC(C)C. The minimum atomic E-state index is 0.397. The van der Waals surface area contributed by atoms with Gasteiger partial charge in [0.25, 0.3) is 0 Å². The molecule has 0 fully saturated rings. The van der Waals surface area contributed by atoms with Gasteiger partial charge in [-0.1, -0.05) is 34.1 Å². The van der Waals surface area contributed by atoms with Gasteiger partial charge in [-0.2, -0.15) is 0 Å². The van der Waals surface area contributed by atoms with Crippen LogP contribution in [0.5, 0.6) is 0 Å². The number of hydrogen-bond donors (Lipinski definition) is 1. The lowest BCUT2D eigenvalue weighted by Crippen LogP contribution is -2.36. The third-order valence-corrected chi connectivity index (χ3v) is 2.84. The summed E-state index contributed by atoms with van der Waals surface area (Å²) in [7, 11) is 0. The number of rotatable bonds is 9. The van der Waals surface area contributed by atoms with Crippen molar-refractivity contribution in [2.24, 2.45) is 5.41 Å². The van der Waals surface area contributed by atoms with Gasteiger partial charge in [0.05, 0.1) is 0 Å². The molecule has 0 bridgehead atoms. The molecule has 15 heavy (non-hydrogen) atoms. The summed E-state index contributed by atoms with van der Waals surface area (Å²) in [6, 6.07) is 0.577. The average molecular weight is 215 g/mol. The molecule has 0 aromatic carbocycles. The van der Waals surface area contributed by atoms with Crippen molar-refractivity contribution in [2.45, 2.75) is 59.9 Å². The van der Waals surface area contributed by atoms with Crippen LogP contribution in [0.1, 0.15) is 53.9 Å². The first-order chi connectivity index (χ1) is 7.04. The standard InChI is InChI=1S/C13H29NO/c1-6-8-13(5,9-10-15-7-2)11-14-12(3)4/h12,14H,6-11H2,1-5H3. The van der Waals surface area contributed by atoms with Crippen LogP contribution >= 0.6 is 0 Å². The Balaban J connectivity index is 3.94. The number of ether oxygens (including phenoxy) is 1. The predicted octanol–water partition coefficient (Wildman–Crippen LogP) is 3.22. The Labute approximate surface area is 95.8 Å². The van der Waals surface area contributed by atoms with Gasteiger partial charge in [0, 0.05) is 25.8 Å². The van der Waals surface area contributed by atoms with Crippen molar-refractivity contribution in [1.82, 2.24) is 5.32 Å². The average Bonchev–Trinajstić information content (AvgIpc) is 2.16. The van der Waals surface area contributed by atoms with E-state index in [4.69, 9.17) is 4.74 Å².